The Morgan fingerprint density at radius 1 is 1.37 bits per heavy atom. The summed E-state index contributed by atoms with van der Waals surface area (Å²) < 4.78 is 7.45. The number of aromatic nitrogens is 3. The molecule has 3 rings (SSSR count). The third kappa shape index (κ3) is 4.35. The Labute approximate surface area is 164 Å². The summed E-state index contributed by atoms with van der Waals surface area (Å²) in [6.45, 7) is 5.80. The van der Waals surface area contributed by atoms with Gasteiger partial charge in [0.25, 0.3) is 0 Å². The number of halogens is 1. The van der Waals surface area contributed by atoms with Gasteiger partial charge < -0.3 is 19.7 Å². The Balaban J connectivity index is 1.98. The zero-order valence-corrected chi connectivity index (χ0v) is 16.8. The van der Waals surface area contributed by atoms with Gasteiger partial charge in [-0.3, -0.25) is 0 Å². The van der Waals surface area contributed by atoms with Crippen molar-refractivity contribution >= 4 is 28.7 Å². The molecule has 0 bridgehead atoms. The lowest BCUT2D eigenvalue weighted by molar-refractivity contribution is 0.0486. The molecule has 0 unspecified atom stereocenters. The maximum Gasteiger partial charge on any atom is 0.407 e. The molecule has 1 saturated carbocycles. The fourth-order valence-electron chi connectivity index (χ4n) is 3.91. The lowest BCUT2D eigenvalue weighted by Crippen LogP contribution is -2.48. The second-order valence-electron chi connectivity index (χ2n) is 8.19. The number of hydrogen-bond acceptors (Lipinski definition) is 5. The number of nitrogens with one attached hydrogen (secondary N) is 1. The van der Waals surface area contributed by atoms with Crippen LogP contribution < -0.4 is 5.32 Å². The molecule has 0 radical (unpaired) electrons. The summed E-state index contributed by atoms with van der Waals surface area (Å²) in [5.74, 6) is 0. The summed E-state index contributed by atoms with van der Waals surface area (Å²) in [6, 6.07) is 1.88. The van der Waals surface area contributed by atoms with Crippen molar-refractivity contribution in [3.05, 3.63) is 23.2 Å². The summed E-state index contributed by atoms with van der Waals surface area (Å²) in [4.78, 5) is 20.7. The normalized spacial score (nSPS) is 17.1. The highest BCUT2D eigenvalue weighted by atomic mass is 35.5. The van der Waals surface area contributed by atoms with Crippen LogP contribution >= 0.6 is 11.6 Å². The summed E-state index contributed by atoms with van der Waals surface area (Å²) in [5, 5.41) is 13.9. The van der Waals surface area contributed by atoms with Crippen LogP contribution in [-0.2, 0) is 16.9 Å². The van der Waals surface area contributed by atoms with Gasteiger partial charge in [-0.15, -0.1) is 0 Å². The van der Waals surface area contributed by atoms with Crippen LogP contribution in [0.5, 0.6) is 0 Å². The molecule has 1 aliphatic rings. The van der Waals surface area contributed by atoms with E-state index in [-0.39, 0.29) is 17.4 Å². The Bertz CT molecular complexity index is 822. The number of nitrogens with zero attached hydrogens (tertiary/aromatic N) is 3. The largest absolute Gasteiger partial charge is 0.444 e. The standard InChI is InChI=1S/C19H27ClN4O3/c1-18(2,3)27-17(26)22-12-19(7-5-4-6-8-19)24-14(11-25)9-13-10-21-16(20)23-15(13)24/h9-10,25H,4-8,11-12H2,1-3H3,(H,22,26). The first-order chi connectivity index (χ1) is 12.7. The van der Waals surface area contributed by atoms with Crippen LogP contribution in [0.3, 0.4) is 0 Å². The Hall–Kier alpha value is -1.86. The first kappa shape index (κ1) is 19.9. The van der Waals surface area contributed by atoms with Crippen molar-refractivity contribution in [1.82, 2.24) is 19.9 Å². The lowest BCUT2D eigenvalue weighted by atomic mass is 9.81. The Kier molecular flexibility index (Phi) is 5.63. The zero-order valence-electron chi connectivity index (χ0n) is 16.1. The Morgan fingerprint density at radius 2 is 2.07 bits per heavy atom. The smallest absolute Gasteiger partial charge is 0.407 e. The third-order valence-electron chi connectivity index (χ3n) is 4.97. The number of hydrogen-bond donors (Lipinski definition) is 2. The number of amides is 1. The quantitative estimate of drug-likeness (QED) is 0.770. The number of carbonyl (C=O) groups excluding carboxylic acids is 1. The summed E-state index contributed by atoms with van der Waals surface area (Å²) >= 11 is 6.04. The molecule has 8 heteroatoms. The van der Waals surface area contributed by atoms with Crippen LogP contribution in [0.4, 0.5) is 4.79 Å². The first-order valence-corrected chi connectivity index (χ1v) is 9.73. The lowest BCUT2D eigenvalue weighted by Gasteiger charge is -2.40. The van der Waals surface area contributed by atoms with Gasteiger partial charge in [-0.05, 0) is 51.3 Å². The average Bonchev–Trinajstić information content (AvgIpc) is 2.97. The molecule has 0 aliphatic heterocycles. The maximum absolute atomic E-state index is 12.2. The zero-order chi connectivity index (χ0) is 19.7. The predicted molar refractivity (Wildman–Crippen MR) is 104 cm³/mol. The van der Waals surface area contributed by atoms with Gasteiger partial charge in [0.1, 0.15) is 11.2 Å². The van der Waals surface area contributed by atoms with Crippen molar-refractivity contribution in [2.45, 2.75) is 70.6 Å². The fourth-order valence-corrected chi connectivity index (χ4v) is 4.04. The second kappa shape index (κ2) is 7.64. The monoisotopic (exact) mass is 394 g/mol. The molecule has 2 aromatic rings. The Morgan fingerprint density at radius 3 is 2.70 bits per heavy atom. The number of aliphatic hydroxyl groups excluding tert-OH is 1. The molecule has 1 fully saturated rings. The van der Waals surface area contributed by atoms with E-state index in [1.54, 1.807) is 6.20 Å². The van der Waals surface area contributed by atoms with Gasteiger partial charge in [-0.2, -0.15) is 4.98 Å². The minimum atomic E-state index is -0.555. The molecule has 148 valence electrons. The highest BCUT2D eigenvalue weighted by Gasteiger charge is 2.37. The van der Waals surface area contributed by atoms with Crippen LogP contribution in [0.15, 0.2) is 12.3 Å². The molecule has 0 aromatic carbocycles. The van der Waals surface area contributed by atoms with Crippen LogP contribution in [0.2, 0.25) is 5.28 Å². The van der Waals surface area contributed by atoms with Gasteiger partial charge in [-0.25, -0.2) is 9.78 Å². The van der Waals surface area contributed by atoms with Gasteiger partial charge in [0.15, 0.2) is 0 Å². The number of ether oxygens (including phenoxy) is 1. The molecule has 1 amide bonds. The van der Waals surface area contributed by atoms with E-state index >= 15 is 0 Å². The highest BCUT2D eigenvalue weighted by Crippen LogP contribution is 2.38. The minimum Gasteiger partial charge on any atom is -0.444 e. The third-order valence-corrected chi connectivity index (χ3v) is 5.15. The molecular weight excluding hydrogens is 368 g/mol. The molecule has 7 nitrogen and oxygen atoms in total. The summed E-state index contributed by atoms with van der Waals surface area (Å²) in [7, 11) is 0. The number of fused-ring (bicyclic) bond motifs is 1. The van der Waals surface area contributed by atoms with E-state index in [4.69, 9.17) is 16.3 Å². The minimum absolute atomic E-state index is 0.123. The van der Waals surface area contributed by atoms with Crippen molar-refractivity contribution in [3.8, 4) is 0 Å². The van der Waals surface area contributed by atoms with Crippen molar-refractivity contribution in [3.63, 3.8) is 0 Å². The van der Waals surface area contributed by atoms with Crippen LogP contribution in [0.25, 0.3) is 11.0 Å². The van der Waals surface area contributed by atoms with E-state index in [0.717, 1.165) is 43.2 Å². The summed E-state index contributed by atoms with van der Waals surface area (Å²) in [5.41, 5.74) is 0.495. The van der Waals surface area contributed by atoms with E-state index in [1.807, 2.05) is 31.4 Å². The molecular formula is C19H27ClN4O3. The molecule has 2 N–H and O–H groups in total. The topological polar surface area (TPSA) is 89.3 Å². The van der Waals surface area contributed by atoms with Crippen molar-refractivity contribution < 1.29 is 14.6 Å². The fraction of sp³-hybridized carbons (Fsp3) is 0.632. The van der Waals surface area contributed by atoms with E-state index in [0.29, 0.717) is 12.2 Å². The molecule has 0 spiro atoms. The molecule has 0 atom stereocenters. The molecule has 1 aliphatic carbocycles. The van der Waals surface area contributed by atoms with Crippen molar-refractivity contribution in [2.75, 3.05) is 6.54 Å². The number of carbonyl (C=O) groups is 1. The highest BCUT2D eigenvalue weighted by molar-refractivity contribution is 6.28. The SMILES string of the molecule is CC(C)(C)OC(=O)NCC1(n2c(CO)cc3cnc(Cl)nc32)CCCCC1. The second-order valence-corrected chi connectivity index (χ2v) is 8.53. The number of rotatable bonds is 4. The summed E-state index contributed by atoms with van der Waals surface area (Å²) in [6.07, 6.45) is 6.21. The van der Waals surface area contributed by atoms with E-state index in [9.17, 15) is 9.90 Å². The molecule has 27 heavy (non-hydrogen) atoms. The average molecular weight is 395 g/mol. The van der Waals surface area contributed by atoms with Gasteiger partial charge in [0, 0.05) is 23.8 Å². The van der Waals surface area contributed by atoms with Gasteiger partial charge >= 0.3 is 6.09 Å². The molecule has 2 heterocycles. The van der Waals surface area contributed by atoms with Crippen LogP contribution in [0.1, 0.15) is 58.6 Å². The van der Waals surface area contributed by atoms with Crippen molar-refractivity contribution in [2.24, 2.45) is 0 Å². The first-order valence-electron chi connectivity index (χ1n) is 9.35. The van der Waals surface area contributed by atoms with Gasteiger partial charge in [0.05, 0.1) is 12.1 Å². The molecule has 2 aromatic heterocycles. The van der Waals surface area contributed by atoms with Crippen molar-refractivity contribution in [1.29, 1.82) is 0 Å². The molecule has 0 saturated heterocycles. The van der Waals surface area contributed by atoms with E-state index in [1.165, 1.54) is 0 Å². The number of alkyl carbamates (subject to hydrolysis) is 1. The van der Waals surface area contributed by atoms with E-state index < -0.39 is 11.7 Å². The number of aliphatic hydroxyl groups is 1. The van der Waals surface area contributed by atoms with Crippen LogP contribution in [-0.4, -0.2) is 37.9 Å². The van der Waals surface area contributed by atoms with Crippen LogP contribution in [0, 0.1) is 0 Å². The van der Waals surface area contributed by atoms with E-state index in [2.05, 4.69) is 15.3 Å². The van der Waals surface area contributed by atoms with Gasteiger partial charge in [-0.1, -0.05) is 19.3 Å². The predicted octanol–water partition coefficient (Wildman–Crippen LogP) is 3.76. The van der Waals surface area contributed by atoms with Gasteiger partial charge in [0.2, 0.25) is 5.28 Å². The maximum atomic E-state index is 12.2.